The molecule has 0 atom stereocenters. The number of rotatable bonds is 6. The third kappa shape index (κ3) is 14.1. The highest BCUT2D eigenvalue weighted by Gasteiger charge is 2.12. The average molecular weight is 255 g/mol. The predicted octanol–water partition coefficient (Wildman–Crippen LogP) is 1.67. The van der Waals surface area contributed by atoms with Crippen LogP contribution in [0.25, 0.3) is 0 Å². The molecule has 15 heavy (non-hydrogen) atoms. The molecule has 0 unspecified atom stereocenters. The van der Waals surface area contributed by atoms with Crippen LogP contribution in [0.4, 0.5) is 0 Å². The zero-order valence-electron chi connectivity index (χ0n) is 10.1. The largest absolute Gasteiger partial charge is 0.355 e. The number of hydrogen-bond donors (Lipinski definition) is 2. The number of thioether (sulfide) groups is 1. The minimum absolute atomic E-state index is 0. The van der Waals surface area contributed by atoms with Crippen LogP contribution >= 0.6 is 24.2 Å². The molecule has 5 heteroatoms. The van der Waals surface area contributed by atoms with Gasteiger partial charge in [0.15, 0.2) is 0 Å². The van der Waals surface area contributed by atoms with Gasteiger partial charge < -0.3 is 10.6 Å². The number of hydrogen-bond acceptors (Lipinski definition) is 3. The van der Waals surface area contributed by atoms with Crippen LogP contribution in [0.2, 0.25) is 0 Å². The molecule has 0 spiro atoms. The van der Waals surface area contributed by atoms with Crippen molar-refractivity contribution in [1.29, 1.82) is 0 Å². The highest BCUT2D eigenvalue weighted by atomic mass is 35.5. The third-order valence-electron chi connectivity index (χ3n) is 1.56. The molecule has 0 aromatic rings. The summed E-state index contributed by atoms with van der Waals surface area (Å²) in [6, 6.07) is 0. The Morgan fingerprint density at radius 3 is 2.33 bits per heavy atom. The minimum atomic E-state index is 0. The first kappa shape index (κ1) is 17.5. The van der Waals surface area contributed by atoms with Crippen LogP contribution in [0, 0.1) is 0 Å². The van der Waals surface area contributed by atoms with E-state index in [2.05, 4.69) is 31.4 Å². The molecular weight excluding hydrogens is 232 g/mol. The molecular formula is C10H23ClN2OS. The summed E-state index contributed by atoms with van der Waals surface area (Å²) in [5, 5.41) is 5.93. The summed E-state index contributed by atoms with van der Waals surface area (Å²) in [6.07, 6.45) is 0.989. The van der Waals surface area contributed by atoms with Crippen LogP contribution in [0.5, 0.6) is 0 Å². The van der Waals surface area contributed by atoms with E-state index in [0.29, 0.717) is 5.75 Å². The van der Waals surface area contributed by atoms with Gasteiger partial charge in [-0.25, -0.2) is 0 Å². The van der Waals surface area contributed by atoms with E-state index in [1.54, 1.807) is 11.8 Å². The second kappa shape index (κ2) is 9.31. The van der Waals surface area contributed by atoms with Gasteiger partial charge in [0.1, 0.15) is 0 Å². The Hall–Kier alpha value is 0.0700. The lowest BCUT2D eigenvalue weighted by Gasteiger charge is -2.16. The number of amides is 1. The van der Waals surface area contributed by atoms with Crippen molar-refractivity contribution in [2.24, 2.45) is 0 Å². The highest BCUT2D eigenvalue weighted by Crippen LogP contribution is 2.22. The van der Waals surface area contributed by atoms with Crippen LogP contribution in [0.3, 0.4) is 0 Å². The van der Waals surface area contributed by atoms with Gasteiger partial charge in [-0.1, -0.05) is 20.8 Å². The van der Waals surface area contributed by atoms with Crippen LogP contribution in [-0.2, 0) is 4.79 Å². The van der Waals surface area contributed by atoms with E-state index in [4.69, 9.17) is 0 Å². The molecule has 0 fully saturated rings. The number of halogens is 1. The Morgan fingerprint density at radius 1 is 1.27 bits per heavy atom. The number of nitrogens with one attached hydrogen (secondary N) is 2. The van der Waals surface area contributed by atoms with Crippen LogP contribution in [0.15, 0.2) is 0 Å². The van der Waals surface area contributed by atoms with E-state index in [-0.39, 0.29) is 23.1 Å². The molecule has 0 rings (SSSR count). The van der Waals surface area contributed by atoms with Crippen molar-refractivity contribution in [2.45, 2.75) is 31.9 Å². The lowest BCUT2D eigenvalue weighted by molar-refractivity contribution is -0.118. The molecule has 0 aromatic carbocycles. The van der Waals surface area contributed by atoms with Gasteiger partial charge >= 0.3 is 0 Å². The van der Waals surface area contributed by atoms with Gasteiger partial charge in [-0.15, -0.1) is 24.2 Å². The van der Waals surface area contributed by atoms with Gasteiger partial charge in [-0.3, -0.25) is 4.79 Å². The van der Waals surface area contributed by atoms with Gasteiger partial charge in [0, 0.05) is 11.3 Å². The molecule has 3 nitrogen and oxygen atoms in total. The Kier molecular flexibility index (Phi) is 10.8. The Morgan fingerprint density at radius 2 is 1.87 bits per heavy atom. The van der Waals surface area contributed by atoms with E-state index in [0.717, 1.165) is 19.5 Å². The molecule has 0 saturated heterocycles. The lowest BCUT2D eigenvalue weighted by Crippen LogP contribution is -2.29. The molecule has 0 bridgehead atoms. The topological polar surface area (TPSA) is 41.1 Å². The van der Waals surface area contributed by atoms with E-state index in [1.807, 2.05) is 7.05 Å². The summed E-state index contributed by atoms with van der Waals surface area (Å²) in [7, 11) is 1.91. The first-order chi connectivity index (χ1) is 6.45. The maximum absolute atomic E-state index is 11.3. The summed E-state index contributed by atoms with van der Waals surface area (Å²) >= 11 is 1.68. The van der Waals surface area contributed by atoms with Crippen molar-refractivity contribution >= 4 is 30.1 Å². The SMILES string of the molecule is CNCCCNC(=O)CSC(C)(C)C.Cl. The first-order valence-electron chi connectivity index (χ1n) is 5.01. The van der Waals surface area contributed by atoms with Gasteiger partial charge in [-0.05, 0) is 20.0 Å². The Bertz CT molecular complexity index is 171. The summed E-state index contributed by atoms with van der Waals surface area (Å²) in [5.41, 5.74) is 0. The zero-order valence-corrected chi connectivity index (χ0v) is 11.7. The van der Waals surface area contributed by atoms with Crippen LogP contribution < -0.4 is 10.6 Å². The first-order valence-corrected chi connectivity index (χ1v) is 5.99. The Labute approximate surface area is 104 Å². The molecule has 0 aliphatic heterocycles. The highest BCUT2D eigenvalue weighted by molar-refractivity contribution is 8.01. The van der Waals surface area contributed by atoms with Crippen LogP contribution in [-0.4, -0.2) is 36.5 Å². The number of carbonyl (C=O) groups excluding carboxylic acids is 1. The van der Waals surface area contributed by atoms with Gasteiger partial charge in [0.2, 0.25) is 5.91 Å². The normalized spacial score (nSPS) is 10.7. The number of carbonyl (C=O) groups is 1. The molecule has 0 aliphatic carbocycles. The van der Waals surface area contributed by atoms with Crippen molar-refractivity contribution in [2.75, 3.05) is 25.9 Å². The lowest BCUT2D eigenvalue weighted by atomic mass is 10.3. The summed E-state index contributed by atoms with van der Waals surface area (Å²) in [4.78, 5) is 11.3. The molecule has 0 aliphatic rings. The van der Waals surface area contributed by atoms with Gasteiger partial charge in [0.05, 0.1) is 5.75 Å². The van der Waals surface area contributed by atoms with Gasteiger partial charge in [0.25, 0.3) is 0 Å². The third-order valence-corrected chi connectivity index (χ3v) is 2.83. The Balaban J connectivity index is 0. The average Bonchev–Trinajstić information content (AvgIpc) is 2.08. The molecule has 0 heterocycles. The van der Waals surface area contributed by atoms with E-state index >= 15 is 0 Å². The van der Waals surface area contributed by atoms with Crippen molar-refractivity contribution in [3.05, 3.63) is 0 Å². The fraction of sp³-hybridized carbons (Fsp3) is 0.900. The van der Waals surface area contributed by atoms with Crippen molar-refractivity contribution in [3.63, 3.8) is 0 Å². The maximum Gasteiger partial charge on any atom is 0.230 e. The van der Waals surface area contributed by atoms with Gasteiger partial charge in [-0.2, -0.15) is 0 Å². The molecule has 92 valence electrons. The van der Waals surface area contributed by atoms with E-state index in [1.165, 1.54) is 0 Å². The second-order valence-electron chi connectivity index (χ2n) is 4.21. The smallest absolute Gasteiger partial charge is 0.230 e. The molecule has 0 aromatic heterocycles. The van der Waals surface area contributed by atoms with Crippen LogP contribution in [0.1, 0.15) is 27.2 Å². The van der Waals surface area contributed by atoms with Crippen molar-refractivity contribution < 1.29 is 4.79 Å². The zero-order chi connectivity index (χ0) is 11.0. The summed E-state index contributed by atoms with van der Waals surface area (Å²) in [6.45, 7) is 8.07. The monoisotopic (exact) mass is 254 g/mol. The van der Waals surface area contributed by atoms with E-state index < -0.39 is 0 Å². The molecule has 1 amide bonds. The van der Waals surface area contributed by atoms with Crippen molar-refractivity contribution in [1.82, 2.24) is 10.6 Å². The maximum atomic E-state index is 11.3. The summed E-state index contributed by atoms with van der Waals surface area (Å²) in [5.74, 6) is 0.698. The molecule has 0 radical (unpaired) electrons. The standard InChI is InChI=1S/C10H22N2OS.ClH/c1-10(2,3)14-8-9(13)12-7-5-6-11-4;/h11H,5-8H2,1-4H3,(H,12,13);1H. The fourth-order valence-electron chi connectivity index (χ4n) is 0.826. The predicted molar refractivity (Wildman–Crippen MR) is 71.0 cm³/mol. The minimum Gasteiger partial charge on any atom is -0.355 e. The molecule has 2 N–H and O–H groups in total. The van der Waals surface area contributed by atoms with Crippen molar-refractivity contribution in [3.8, 4) is 0 Å². The molecule has 0 saturated carbocycles. The summed E-state index contributed by atoms with van der Waals surface area (Å²) < 4.78 is 0.169. The second-order valence-corrected chi connectivity index (χ2v) is 6.01. The van der Waals surface area contributed by atoms with E-state index in [9.17, 15) is 4.79 Å². The fourth-order valence-corrected chi connectivity index (χ4v) is 1.49. The quantitative estimate of drug-likeness (QED) is 0.709.